The van der Waals surface area contributed by atoms with Crippen LogP contribution < -0.4 is 5.32 Å². The van der Waals surface area contributed by atoms with Crippen molar-refractivity contribution in [2.24, 2.45) is 0 Å². The first-order valence-electron chi connectivity index (χ1n) is 11.9. The molecule has 0 saturated carbocycles. The summed E-state index contributed by atoms with van der Waals surface area (Å²) in [6.45, 7) is 8.55. The second kappa shape index (κ2) is 9.85. The van der Waals surface area contributed by atoms with Crippen LogP contribution in [0.4, 0.5) is 5.69 Å². The molecule has 0 radical (unpaired) electrons. The summed E-state index contributed by atoms with van der Waals surface area (Å²) in [5, 5.41) is 2.88. The lowest BCUT2D eigenvalue weighted by Gasteiger charge is -2.34. The lowest BCUT2D eigenvalue weighted by atomic mass is 10.1. The highest BCUT2D eigenvalue weighted by Gasteiger charge is 2.36. The number of carbonyl (C=O) groups excluding carboxylic acids is 3. The molecule has 2 aliphatic rings. The number of imide groups is 1. The molecule has 1 saturated heterocycles. The van der Waals surface area contributed by atoms with Crippen molar-refractivity contribution in [3.8, 4) is 0 Å². The van der Waals surface area contributed by atoms with E-state index in [1.807, 2.05) is 24.3 Å². The van der Waals surface area contributed by atoms with Crippen molar-refractivity contribution in [1.29, 1.82) is 0 Å². The molecule has 0 atom stereocenters. The fraction of sp³-hybridized carbons (Fsp3) is 0.296. The molecule has 3 heterocycles. The summed E-state index contributed by atoms with van der Waals surface area (Å²) in [6.07, 6.45) is 1.50. The number of anilines is 1. The maximum Gasteiger partial charge on any atom is 0.261 e. The molecule has 0 unspecified atom stereocenters. The number of benzene rings is 2. The van der Waals surface area contributed by atoms with Crippen molar-refractivity contribution in [3.05, 3.63) is 88.9 Å². The van der Waals surface area contributed by atoms with Gasteiger partial charge in [-0.2, -0.15) is 0 Å². The van der Waals surface area contributed by atoms with Gasteiger partial charge in [0, 0.05) is 44.0 Å². The monoisotopic (exact) mass is 472 g/mol. The fourth-order valence-electron chi connectivity index (χ4n) is 4.55. The predicted molar refractivity (Wildman–Crippen MR) is 131 cm³/mol. The number of piperazine rings is 1. The Hall–Kier alpha value is -3.75. The van der Waals surface area contributed by atoms with Gasteiger partial charge in [-0.1, -0.05) is 19.1 Å². The summed E-state index contributed by atoms with van der Waals surface area (Å²) in [5.74, 6) is -0.634. The molecule has 35 heavy (non-hydrogen) atoms. The summed E-state index contributed by atoms with van der Waals surface area (Å²) in [6, 6.07) is 15.8. The molecule has 2 aliphatic heterocycles. The lowest BCUT2D eigenvalue weighted by molar-refractivity contribution is 0.0631. The summed E-state index contributed by atoms with van der Waals surface area (Å²) < 4.78 is 5.26. The zero-order valence-electron chi connectivity index (χ0n) is 19.7. The molecular weight excluding hydrogens is 444 g/mol. The van der Waals surface area contributed by atoms with Gasteiger partial charge in [-0.15, -0.1) is 0 Å². The average Bonchev–Trinajstić information content (AvgIpc) is 3.48. The number of amides is 3. The Morgan fingerprint density at radius 3 is 2.29 bits per heavy atom. The largest absolute Gasteiger partial charge is 0.467 e. The third-order valence-corrected chi connectivity index (χ3v) is 6.66. The third kappa shape index (κ3) is 4.89. The number of hydrogen-bond donors (Lipinski definition) is 1. The topological polar surface area (TPSA) is 86.1 Å². The van der Waals surface area contributed by atoms with E-state index in [9.17, 15) is 14.4 Å². The second-order valence-corrected chi connectivity index (χ2v) is 8.90. The van der Waals surface area contributed by atoms with Gasteiger partial charge >= 0.3 is 0 Å². The molecule has 5 rings (SSSR count). The maximum absolute atomic E-state index is 12.9. The Bertz CT molecular complexity index is 1230. The first-order chi connectivity index (χ1) is 17.0. The normalized spacial score (nSPS) is 16.5. The predicted octanol–water partition coefficient (Wildman–Crippen LogP) is 3.47. The van der Waals surface area contributed by atoms with E-state index in [4.69, 9.17) is 4.42 Å². The number of nitrogens with one attached hydrogen (secondary N) is 1. The second-order valence-electron chi connectivity index (χ2n) is 8.90. The van der Waals surface area contributed by atoms with Crippen LogP contribution in [-0.4, -0.2) is 65.1 Å². The van der Waals surface area contributed by atoms with E-state index in [0.717, 1.165) is 44.2 Å². The minimum atomic E-state index is -0.430. The molecule has 0 spiro atoms. The van der Waals surface area contributed by atoms with E-state index >= 15 is 0 Å². The Morgan fingerprint density at radius 2 is 1.60 bits per heavy atom. The summed E-state index contributed by atoms with van der Waals surface area (Å²) in [7, 11) is 0. The third-order valence-electron chi connectivity index (χ3n) is 6.66. The van der Waals surface area contributed by atoms with E-state index in [1.165, 1.54) is 24.0 Å². The van der Waals surface area contributed by atoms with E-state index in [2.05, 4.69) is 22.0 Å². The zero-order valence-corrected chi connectivity index (χ0v) is 19.7. The smallest absolute Gasteiger partial charge is 0.261 e. The van der Waals surface area contributed by atoms with Crippen LogP contribution >= 0.6 is 0 Å². The van der Waals surface area contributed by atoms with Crippen LogP contribution in [0, 0.1) is 0 Å². The van der Waals surface area contributed by atoms with Gasteiger partial charge in [0.25, 0.3) is 17.7 Å². The molecule has 1 aromatic heterocycles. The van der Waals surface area contributed by atoms with Crippen LogP contribution in [0.25, 0.3) is 0 Å². The Morgan fingerprint density at radius 1 is 0.886 bits per heavy atom. The first-order valence-corrected chi connectivity index (χ1v) is 11.9. The van der Waals surface area contributed by atoms with Gasteiger partial charge in [0.2, 0.25) is 0 Å². The molecule has 1 N–H and O–H groups in total. The summed E-state index contributed by atoms with van der Waals surface area (Å²) >= 11 is 0. The van der Waals surface area contributed by atoms with Crippen LogP contribution in [0.15, 0.2) is 65.3 Å². The number of fused-ring (bicyclic) bond motifs is 1. The van der Waals surface area contributed by atoms with Gasteiger partial charge in [0.05, 0.1) is 23.9 Å². The number of rotatable bonds is 7. The SMILES string of the molecule is CCN1CCN(Cc2ccc(NC(=O)c3ccc4c(c3)C(=O)N(Cc3ccco3)C4=O)cc2)CC1. The van der Waals surface area contributed by atoms with Gasteiger partial charge in [-0.05, 0) is 54.6 Å². The minimum absolute atomic E-state index is 0.0571. The van der Waals surface area contributed by atoms with E-state index in [0.29, 0.717) is 22.6 Å². The van der Waals surface area contributed by atoms with Crippen LogP contribution in [0.2, 0.25) is 0 Å². The standard InChI is InChI=1S/C27H28N4O4/c1-2-29-11-13-30(14-12-29)17-19-5-8-21(9-6-19)28-25(32)20-7-10-23-24(16-20)27(34)31(26(23)33)18-22-4-3-15-35-22/h3-10,15-16H,2,11-14,17-18H2,1H3,(H,28,32). The van der Waals surface area contributed by atoms with Crippen molar-refractivity contribution < 1.29 is 18.8 Å². The van der Waals surface area contributed by atoms with Gasteiger partial charge in [-0.3, -0.25) is 24.2 Å². The molecule has 3 aromatic rings. The van der Waals surface area contributed by atoms with E-state index in [1.54, 1.807) is 18.2 Å². The van der Waals surface area contributed by atoms with Gasteiger partial charge in [-0.25, -0.2) is 0 Å². The highest BCUT2D eigenvalue weighted by Crippen LogP contribution is 2.26. The van der Waals surface area contributed by atoms with Crippen molar-refractivity contribution in [1.82, 2.24) is 14.7 Å². The number of hydrogen-bond acceptors (Lipinski definition) is 6. The van der Waals surface area contributed by atoms with Crippen LogP contribution in [0.5, 0.6) is 0 Å². The van der Waals surface area contributed by atoms with Crippen molar-refractivity contribution in [2.75, 3.05) is 38.0 Å². The van der Waals surface area contributed by atoms with E-state index < -0.39 is 5.91 Å². The Labute approximate surface area is 204 Å². The number of likely N-dealkylation sites (N-methyl/N-ethyl adjacent to an activating group) is 1. The molecule has 1 fully saturated rings. The number of carbonyl (C=O) groups is 3. The molecule has 0 aliphatic carbocycles. The van der Waals surface area contributed by atoms with Gasteiger partial charge in [0.15, 0.2) is 0 Å². The molecule has 0 bridgehead atoms. The number of nitrogens with zero attached hydrogens (tertiary/aromatic N) is 3. The fourth-order valence-corrected chi connectivity index (χ4v) is 4.55. The summed E-state index contributed by atoms with van der Waals surface area (Å²) in [4.78, 5) is 44.4. The molecule has 8 nitrogen and oxygen atoms in total. The van der Waals surface area contributed by atoms with Crippen LogP contribution in [0.3, 0.4) is 0 Å². The van der Waals surface area contributed by atoms with Crippen molar-refractivity contribution >= 4 is 23.4 Å². The highest BCUT2D eigenvalue weighted by atomic mass is 16.3. The Balaban J connectivity index is 1.21. The summed E-state index contributed by atoms with van der Waals surface area (Å²) in [5.41, 5.74) is 2.72. The molecule has 8 heteroatoms. The highest BCUT2D eigenvalue weighted by molar-refractivity contribution is 6.22. The Kier molecular flexibility index (Phi) is 6.48. The number of furan rings is 1. The van der Waals surface area contributed by atoms with Crippen LogP contribution in [0.1, 0.15) is 49.3 Å². The van der Waals surface area contributed by atoms with Gasteiger partial charge < -0.3 is 14.6 Å². The van der Waals surface area contributed by atoms with Crippen LogP contribution in [-0.2, 0) is 13.1 Å². The molecule has 3 amide bonds. The van der Waals surface area contributed by atoms with Gasteiger partial charge in [0.1, 0.15) is 5.76 Å². The van der Waals surface area contributed by atoms with Crippen molar-refractivity contribution in [2.45, 2.75) is 20.0 Å². The molecule has 2 aromatic carbocycles. The average molecular weight is 473 g/mol. The maximum atomic E-state index is 12.9. The quantitative estimate of drug-likeness (QED) is 0.530. The molecular formula is C27H28N4O4. The minimum Gasteiger partial charge on any atom is -0.467 e. The van der Waals surface area contributed by atoms with E-state index in [-0.39, 0.29) is 23.9 Å². The first kappa shape index (κ1) is 23.0. The van der Waals surface area contributed by atoms with Crippen molar-refractivity contribution in [3.63, 3.8) is 0 Å². The zero-order chi connectivity index (χ0) is 24.4. The lowest BCUT2D eigenvalue weighted by Crippen LogP contribution is -2.45. The molecule has 180 valence electrons.